The van der Waals surface area contributed by atoms with E-state index in [9.17, 15) is 0 Å². The second-order valence-electron chi connectivity index (χ2n) is 9.22. The molecule has 0 bridgehead atoms. The van der Waals surface area contributed by atoms with Crippen molar-refractivity contribution < 1.29 is 0 Å². The Kier molecular flexibility index (Phi) is 5.78. The lowest BCUT2D eigenvalue weighted by atomic mass is 9.52. The minimum atomic E-state index is 0.349. The van der Waals surface area contributed by atoms with Crippen LogP contribution in [-0.2, 0) is 0 Å². The Balaban J connectivity index is 5.39. The summed E-state index contributed by atoms with van der Waals surface area (Å²) in [5, 5.41) is 0. The predicted octanol–water partition coefficient (Wildman–Crippen LogP) is 6.65. The Bertz CT molecular complexity index is 250. The highest BCUT2D eigenvalue weighted by molar-refractivity contribution is 4.95. The van der Waals surface area contributed by atoms with Crippen LogP contribution >= 0.6 is 0 Å². The van der Waals surface area contributed by atoms with Crippen LogP contribution in [-0.4, -0.2) is 0 Å². The number of rotatable bonds is 6. The molecule has 0 amide bonds. The molecule has 2 unspecified atom stereocenters. The van der Waals surface area contributed by atoms with Crippen molar-refractivity contribution in [1.29, 1.82) is 0 Å². The molecule has 0 N–H and O–H groups in total. The van der Waals surface area contributed by atoms with Crippen molar-refractivity contribution in [2.45, 2.75) is 83.1 Å². The monoisotopic (exact) mass is 268 g/mol. The second kappa shape index (κ2) is 5.78. The van der Waals surface area contributed by atoms with Gasteiger partial charge in [0.2, 0.25) is 0 Å². The fraction of sp³-hybridized carbons (Fsp3) is 1.00. The standard InChI is InChI=1S/C19H40/c1-13(2)17(7,8)15(5)19(11,12)16(6)18(9,10)14(3)4/h13-16H,1-12H3. The Morgan fingerprint density at radius 1 is 0.421 bits per heavy atom. The highest BCUT2D eigenvalue weighted by atomic mass is 14.5. The van der Waals surface area contributed by atoms with Gasteiger partial charge in [0.25, 0.3) is 0 Å². The minimum Gasteiger partial charge on any atom is -0.0623 e. The molecular formula is C19H40. The van der Waals surface area contributed by atoms with E-state index in [-0.39, 0.29) is 0 Å². The van der Waals surface area contributed by atoms with E-state index in [0.29, 0.717) is 28.1 Å². The molecule has 0 rings (SSSR count). The molecule has 0 saturated heterocycles. The van der Waals surface area contributed by atoms with Gasteiger partial charge in [-0.3, -0.25) is 0 Å². The maximum atomic E-state index is 2.48. The molecule has 0 spiro atoms. The van der Waals surface area contributed by atoms with Gasteiger partial charge in [-0.1, -0.05) is 83.1 Å². The summed E-state index contributed by atoms with van der Waals surface area (Å²) in [7, 11) is 0. The quantitative estimate of drug-likeness (QED) is 0.506. The van der Waals surface area contributed by atoms with Crippen molar-refractivity contribution in [2.24, 2.45) is 39.9 Å². The maximum Gasteiger partial charge on any atom is -0.0292 e. The first kappa shape index (κ1) is 19.0. The SMILES string of the molecule is CC(C)C(C)(C)C(C)C(C)(C)C(C)C(C)(C)C(C)C. The van der Waals surface area contributed by atoms with Gasteiger partial charge in [0.15, 0.2) is 0 Å². The van der Waals surface area contributed by atoms with Crippen LogP contribution in [0.2, 0.25) is 0 Å². The molecule has 0 aliphatic carbocycles. The summed E-state index contributed by atoms with van der Waals surface area (Å²) in [6.07, 6.45) is 0. The lowest BCUT2D eigenvalue weighted by molar-refractivity contribution is -0.0442. The zero-order chi connectivity index (χ0) is 15.8. The molecule has 0 aliphatic rings. The smallest absolute Gasteiger partial charge is 0.0292 e. The van der Waals surface area contributed by atoms with Crippen LogP contribution in [0, 0.1) is 39.9 Å². The van der Waals surface area contributed by atoms with Gasteiger partial charge >= 0.3 is 0 Å². The Morgan fingerprint density at radius 3 is 0.789 bits per heavy atom. The molecule has 0 heteroatoms. The molecule has 116 valence electrons. The average molecular weight is 269 g/mol. The van der Waals surface area contributed by atoms with Gasteiger partial charge in [0, 0.05) is 0 Å². The van der Waals surface area contributed by atoms with Crippen LogP contribution in [0.15, 0.2) is 0 Å². The first-order valence-electron chi connectivity index (χ1n) is 8.20. The molecule has 0 aromatic carbocycles. The molecule has 0 saturated carbocycles. The summed E-state index contributed by atoms with van der Waals surface area (Å²) in [5.41, 5.74) is 1.11. The third-order valence-electron chi connectivity index (χ3n) is 7.44. The van der Waals surface area contributed by atoms with E-state index in [1.807, 2.05) is 0 Å². The molecule has 0 aromatic rings. The largest absolute Gasteiger partial charge is 0.0623 e. The van der Waals surface area contributed by atoms with Gasteiger partial charge in [-0.2, -0.15) is 0 Å². The van der Waals surface area contributed by atoms with Gasteiger partial charge in [-0.15, -0.1) is 0 Å². The van der Waals surface area contributed by atoms with Crippen molar-refractivity contribution in [3.63, 3.8) is 0 Å². The fourth-order valence-corrected chi connectivity index (χ4v) is 3.29. The minimum absolute atomic E-state index is 0.349. The topological polar surface area (TPSA) is 0 Å². The van der Waals surface area contributed by atoms with E-state index in [1.54, 1.807) is 0 Å². The molecular weight excluding hydrogens is 228 g/mol. The van der Waals surface area contributed by atoms with Gasteiger partial charge in [-0.05, 0) is 39.9 Å². The molecule has 19 heavy (non-hydrogen) atoms. The molecule has 0 heterocycles. The van der Waals surface area contributed by atoms with Crippen molar-refractivity contribution in [1.82, 2.24) is 0 Å². The van der Waals surface area contributed by atoms with Crippen LogP contribution < -0.4 is 0 Å². The first-order valence-corrected chi connectivity index (χ1v) is 8.20. The Labute approximate surface area is 123 Å². The second-order valence-corrected chi connectivity index (χ2v) is 9.22. The van der Waals surface area contributed by atoms with Crippen LogP contribution in [0.25, 0.3) is 0 Å². The summed E-state index contributed by atoms with van der Waals surface area (Å²) in [5.74, 6) is 2.84. The molecule has 0 fully saturated rings. The average Bonchev–Trinajstić information content (AvgIpc) is 2.26. The van der Waals surface area contributed by atoms with Crippen LogP contribution in [0.5, 0.6) is 0 Å². The molecule has 2 atom stereocenters. The highest BCUT2D eigenvalue weighted by Gasteiger charge is 2.47. The van der Waals surface area contributed by atoms with Crippen LogP contribution in [0.1, 0.15) is 83.1 Å². The maximum absolute atomic E-state index is 2.48. The van der Waals surface area contributed by atoms with E-state index in [1.165, 1.54) is 0 Å². The lowest BCUT2D eigenvalue weighted by Crippen LogP contribution is -2.46. The van der Waals surface area contributed by atoms with Crippen molar-refractivity contribution in [3.8, 4) is 0 Å². The summed E-state index contributed by atoms with van der Waals surface area (Å²) < 4.78 is 0. The van der Waals surface area contributed by atoms with Crippen molar-refractivity contribution in [2.75, 3.05) is 0 Å². The summed E-state index contributed by atoms with van der Waals surface area (Å²) in [6.45, 7) is 29.1. The summed E-state index contributed by atoms with van der Waals surface area (Å²) in [6, 6.07) is 0. The van der Waals surface area contributed by atoms with Crippen LogP contribution in [0.3, 0.4) is 0 Å². The predicted molar refractivity (Wildman–Crippen MR) is 89.3 cm³/mol. The first-order chi connectivity index (χ1) is 8.20. The fourth-order valence-electron chi connectivity index (χ4n) is 3.29. The third kappa shape index (κ3) is 3.56. The Morgan fingerprint density at radius 2 is 0.632 bits per heavy atom. The zero-order valence-corrected chi connectivity index (χ0v) is 15.8. The van der Waals surface area contributed by atoms with Gasteiger partial charge < -0.3 is 0 Å². The third-order valence-corrected chi connectivity index (χ3v) is 7.44. The number of hydrogen-bond acceptors (Lipinski definition) is 0. The van der Waals surface area contributed by atoms with Gasteiger partial charge in [0.05, 0.1) is 0 Å². The zero-order valence-electron chi connectivity index (χ0n) is 15.8. The van der Waals surface area contributed by atoms with Gasteiger partial charge in [-0.25, -0.2) is 0 Å². The lowest BCUT2D eigenvalue weighted by Gasteiger charge is -2.53. The summed E-state index contributed by atoms with van der Waals surface area (Å²) in [4.78, 5) is 0. The van der Waals surface area contributed by atoms with Gasteiger partial charge in [0.1, 0.15) is 0 Å². The summed E-state index contributed by atoms with van der Waals surface area (Å²) >= 11 is 0. The normalized spacial score (nSPS) is 18.0. The van der Waals surface area contributed by atoms with Crippen LogP contribution in [0.4, 0.5) is 0 Å². The highest BCUT2D eigenvalue weighted by Crippen LogP contribution is 2.54. The van der Waals surface area contributed by atoms with E-state index in [2.05, 4.69) is 83.1 Å². The van der Waals surface area contributed by atoms with Crippen molar-refractivity contribution >= 4 is 0 Å². The van der Waals surface area contributed by atoms with E-state index in [4.69, 9.17) is 0 Å². The molecule has 0 aromatic heterocycles. The molecule has 0 nitrogen and oxygen atoms in total. The van der Waals surface area contributed by atoms with Crippen molar-refractivity contribution in [3.05, 3.63) is 0 Å². The van der Waals surface area contributed by atoms with E-state index >= 15 is 0 Å². The van der Waals surface area contributed by atoms with E-state index in [0.717, 1.165) is 11.8 Å². The molecule has 0 radical (unpaired) electrons. The Hall–Kier alpha value is 0. The number of hydrogen-bond donors (Lipinski definition) is 0. The van der Waals surface area contributed by atoms with E-state index < -0.39 is 0 Å². The molecule has 0 aliphatic heterocycles.